The summed E-state index contributed by atoms with van der Waals surface area (Å²) in [5.74, 6) is -1.13. The maximum Gasteiger partial charge on any atom is 0.451 e. The zero-order chi connectivity index (χ0) is 19.0. The molecule has 1 aliphatic heterocycles. The number of halogens is 4. The fourth-order valence-electron chi connectivity index (χ4n) is 3.26. The van der Waals surface area contributed by atoms with Crippen LogP contribution in [0, 0.1) is 5.82 Å². The Morgan fingerprint density at radius 2 is 1.41 bits per heavy atom. The topological polar surface area (TPSA) is 32.3 Å². The highest BCUT2D eigenvalue weighted by Crippen LogP contribution is 2.32. The molecule has 0 radical (unpaired) electrons. The average Bonchev–Trinajstić information content (AvgIpc) is 2.67. The Morgan fingerprint density at radius 1 is 0.778 bits per heavy atom. The van der Waals surface area contributed by atoms with Crippen molar-refractivity contribution in [2.24, 2.45) is 0 Å². The SMILES string of the molecule is Fc1ccc(N2CCN(c3nc(C(F)(F)F)nc4ccccc34)CC2)cc1. The van der Waals surface area contributed by atoms with Gasteiger partial charge in [0, 0.05) is 37.3 Å². The third-order valence-electron chi connectivity index (χ3n) is 4.61. The predicted molar refractivity (Wildman–Crippen MR) is 95.4 cm³/mol. The van der Waals surface area contributed by atoms with E-state index in [9.17, 15) is 17.6 Å². The van der Waals surface area contributed by atoms with Gasteiger partial charge in [0.25, 0.3) is 0 Å². The molecule has 1 fully saturated rings. The molecule has 0 atom stereocenters. The van der Waals surface area contributed by atoms with E-state index in [-0.39, 0.29) is 11.3 Å². The standard InChI is InChI=1S/C19H16F4N4/c20-13-5-7-14(8-6-13)26-9-11-27(12-10-26)17-15-3-1-2-4-16(15)24-18(25-17)19(21,22)23/h1-8H,9-12H2. The summed E-state index contributed by atoms with van der Waals surface area (Å²) >= 11 is 0. The van der Waals surface area contributed by atoms with Crippen molar-refractivity contribution in [1.82, 2.24) is 9.97 Å². The van der Waals surface area contributed by atoms with Crippen molar-refractivity contribution in [3.05, 3.63) is 60.2 Å². The Kier molecular flexibility index (Phi) is 4.33. The van der Waals surface area contributed by atoms with Crippen LogP contribution in [-0.4, -0.2) is 36.1 Å². The third-order valence-corrected chi connectivity index (χ3v) is 4.61. The number of fused-ring (bicyclic) bond motifs is 1. The van der Waals surface area contributed by atoms with Crippen molar-refractivity contribution >= 4 is 22.4 Å². The molecule has 0 amide bonds. The van der Waals surface area contributed by atoms with E-state index >= 15 is 0 Å². The summed E-state index contributed by atoms with van der Waals surface area (Å²) in [6, 6.07) is 12.9. The lowest BCUT2D eigenvalue weighted by Crippen LogP contribution is -2.47. The van der Waals surface area contributed by atoms with Gasteiger partial charge in [-0.2, -0.15) is 13.2 Å². The van der Waals surface area contributed by atoms with E-state index in [1.165, 1.54) is 12.1 Å². The van der Waals surface area contributed by atoms with Gasteiger partial charge in [0.2, 0.25) is 5.82 Å². The Hall–Kier alpha value is -2.90. The lowest BCUT2D eigenvalue weighted by atomic mass is 10.2. The molecule has 27 heavy (non-hydrogen) atoms. The van der Waals surface area contributed by atoms with Gasteiger partial charge in [0.15, 0.2) is 0 Å². The lowest BCUT2D eigenvalue weighted by Gasteiger charge is -2.37. The zero-order valence-corrected chi connectivity index (χ0v) is 14.2. The molecule has 0 unspecified atom stereocenters. The van der Waals surface area contributed by atoms with Crippen LogP contribution in [0.2, 0.25) is 0 Å². The average molecular weight is 376 g/mol. The fraction of sp³-hybridized carbons (Fsp3) is 0.263. The highest BCUT2D eigenvalue weighted by molar-refractivity contribution is 5.89. The van der Waals surface area contributed by atoms with Crippen LogP contribution in [0.1, 0.15) is 5.82 Å². The number of benzene rings is 2. The number of nitrogens with zero attached hydrogens (tertiary/aromatic N) is 4. The molecule has 0 saturated carbocycles. The zero-order valence-electron chi connectivity index (χ0n) is 14.2. The molecule has 140 valence electrons. The summed E-state index contributed by atoms with van der Waals surface area (Å²) in [6.07, 6.45) is -4.60. The molecule has 1 aliphatic rings. The molecule has 4 nitrogen and oxygen atoms in total. The summed E-state index contributed by atoms with van der Waals surface area (Å²) in [4.78, 5) is 11.4. The summed E-state index contributed by atoms with van der Waals surface area (Å²) in [6.45, 7) is 2.22. The first-order chi connectivity index (χ1) is 12.9. The Labute approximate surface area is 153 Å². The number of aromatic nitrogens is 2. The lowest BCUT2D eigenvalue weighted by molar-refractivity contribution is -0.144. The van der Waals surface area contributed by atoms with Gasteiger partial charge in [-0.1, -0.05) is 12.1 Å². The number of hydrogen-bond acceptors (Lipinski definition) is 4. The van der Waals surface area contributed by atoms with Crippen LogP contribution in [-0.2, 0) is 6.18 Å². The second kappa shape index (κ2) is 6.68. The van der Waals surface area contributed by atoms with Gasteiger partial charge in [-0.15, -0.1) is 0 Å². The minimum absolute atomic E-state index is 0.274. The molecular formula is C19H16F4N4. The molecule has 0 spiro atoms. The highest BCUT2D eigenvalue weighted by atomic mass is 19.4. The number of piperazine rings is 1. The van der Waals surface area contributed by atoms with Crippen molar-refractivity contribution < 1.29 is 17.6 Å². The van der Waals surface area contributed by atoms with Gasteiger partial charge >= 0.3 is 6.18 Å². The van der Waals surface area contributed by atoms with Crippen LogP contribution >= 0.6 is 0 Å². The number of anilines is 2. The van der Waals surface area contributed by atoms with E-state index < -0.39 is 12.0 Å². The van der Waals surface area contributed by atoms with E-state index in [4.69, 9.17) is 0 Å². The van der Waals surface area contributed by atoms with Gasteiger partial charge in [-0.05, 0) is 36.4 Å². The molecule has 1 saturated heterocycles. The van der Waals surface area contributed by atoms with Crippen LogP contribution in [0.25, 0.3) is 10.9 Å². The molecule has 2 aromatic carbocycles. The largest absolute Gasteiger partial charge is 0.451 e. The van der Waals surface area contributed by atoms with Gasteiger partial charge in [-0.3, -0.25) is 0 Å². The van der Waals surface area contributed by atoms with Crippen LogP contribution in [0.3, 0.4) is 0 Å². The maximum atomic E-state index is 13.2. The normalized spacial score (nSPS) is 15.4. The predicted octanol–water partition coefficient (Wildman–Crippen LogP) is 4.11. The fourth-order valence-corrected chi connectivity index (χ4v) is 3.26. The summed E-state index contributed by atoms with van der Waals surface area (Å²) < 4.78 is 52.7. The molecule has 0 aliphatic carbocycles. The maximum absolute atomic E-state index is 13.2. The van der Waals surface area contributed by atoms with Gasteiger partial charge in [0.1, 0.15) is 11.6 Å². The van der Waals surface area contributed by atoms with Crippen LogP contribution < -0.4 is 9.80 Å². The number of rotatable bonds is 2. The van der Waals surface area contributed by atoms with Crippen LogP contribution in [0.5, 0.6) is 0 Å². The van der Waals surface area contributed by atoms with Crippen LogP contribution in [0.4, 0.5) is 29.1 Å². The Balaban J connectivity index is 1.62. The first-order valence-corrected chi connectivity index (χ1v) is 8.51. The molecule has 4 rings (SSSR count). The molecule has 8 heteroatoms. The van der Waals surface area contributed by atoms with Crippen molar-refractivity contribution in [3.8, 4) is 0 Å². The molecule has 3 aromatic rings. The first kappa shape index (κ1) is 17.5. The molecule has 2 heterocycles. The monoisotopic (exact) mass is 376 g/mol. The van der Waals surface area contributed by atoms with Gasteiger partial charge in [0.05, 0.1) is 5.52 Å². The minimum atomic E-state index is -4.60. The second-order valence-corrected chi connectivity index (χ2v) is 6.34. The van der Waals surface area contributed by atoms with E-state index in [2.05, 4.69) is 14.9 Å². The van der Waals surface area contributed by atoms with Crippen molar-refractivity contribution in [2.75, 3.05) is 36.0 Å². The molecule has 1 aromatic heterocycles. The third kappa shape index (κ3) is 3.51. The Bertz CT molecular complexity index is 948. The van der Waals surface area contributed by atoms with Crippen molar-refractivity contribution in [1.29, 1.82) is 0 Å². The van der Waals surface area contributed by atoms with Gasteiger partial charge in [-0.25, -0.2) is 14.4 Å². The minimum Gasteiger partial charge on any atom is -0.368 e. The van der Waals surface area contributed by atoms with Crippen LogP contribution in [0.15, 0.2) is 48.5 Å². The molecule has 0 N–H and O–H groups in total. The quantitative estimate of drug-likeness (QED) is 0.630. The Morgan fingerprint density at radius 3 is 2.07 bits per heavy atom. The van der Waals surface area contributed by atoms with E-state index in [1.807, 2.05) is 4.90 Å². The second-order valence-electron chi connectivity index (χ2n) is 6.34. The number of para-hydroxylation sites is 1. The smallest absolute Gasteiger partial charge is 0.368 e. The summed E-state index contributed by atoms with van der Waals surface area (Å²) in [5.41, 5.74) is 1.16. The summed E-state index contributed by atoms with van der Waals surface area (Å²) in [5, 5.41) is 0.598. The molecular weight excluding hydrogens is 360 g/mol. The number of hydrogen-bond donors (Lipinski definition) is 0. The van der Waals surface area contributed by atoms with E-state index in [1.54, 1.807) is 36.4 Å². The van der Waals surface area contributed by atoms with E-state index in [0.29, 0.717) is 37.4 Å². The van der Waals surface area contributed by atoms with Crippen molar-refractivity contribution in [2.45, 2.75) is 6.18 Å². The summed E-state index contributed by atoms with van der Waals surface area (Å²) in [7, 11) is 0. The van der Waals surface area contributed by atoms with Crippen molar-refractivity contribution in [3.63, 3.8) is 0 Å². The van der Waals surface area contributed by atoms with E-state index in [0.717, 1.165) is 5.69 Å². The number of alkyl halides is 3. The van der Waals surface area contributed by atoms with Gasteiger partial charge < -0.3 is 9.80 Å². The first-order valence-electron chi connectivity index (χ1n) is 8.51. The highest BCUT2D eigenvalue weighted by Gasteiger charge is 2.36. The molecule has 0 bridgehead atoms.